The Morgan fingerprint density at radius 2 is 2.05 bits per heavy atom. The number of esters is 1. The maximum Gasteiger partial charge on any atom is 0.341 e. The second-order valence-corrected chi connectivity index (χ2v) is 7.52. The predicted molar refractivity (Wildman–Crippen MR) is 79.9 cm³/mol. The lowest BCUT2D eigenvalue weighted by Gasteiger charge is -2.22. The van der Waals surface area contributed by atoms with Crippen molar-refractivity contribution in [3.05, 3.63) is 23.8 Å². The summed E-state index contributed by atoms with van der Waals surface area (Å²) in [6, 6.07) is 3.88. The zero-order valence-electron chi connectivity index (χ0n) is 12.1. The second kappa shape index (κ2) is 7.30. The summed E-state index contributed by atoms with van der Waals surface area (Å²) in [6.45, 7) is 1.82. The van der Waals surface area contributed by atoms with Gasteiger partial charge in [-0.05, 0) is 37.0 Å². The molecule has 8 heteroatoms. The van der Waals surface area contributed by atoms with E-state index in [1.807, 2.05) is 0 Å². The number of rotatable bonds is 5. The molecule has 0 spiro atoms. The van der Waals surface area contributed by atoms with E-state index in [1.54, 1.807) is 0 Å². The van der Waals surface area contributed by atoms with E-state index in [9.17, 15) is 13.2 Å². The van der Waals surface area contributed by atoms with Gasteiger partial charge in [0.15, 0.2) is 0 Å². The summed E-state index contributed by atoms with van der Waals surface area (Å²) in [6.07, 6.45) is 1.78. The zero-order chi connectivity index (χ0) is 16.2. The first-order valence-corrected chi connectivity index (χ1v) is 9.10. The van der Waals surface area contributed by atoms with Gasteiger partial charge in [-0.25, -0.2) is 13.2 Å². The highest BCUT2D eigenvalue weighted by Gasteiger charge is 2.20. The second-order valence-electron chi connectivity index (χ2n) is 4.95. The van der Waals surface area contributed by atoms with Crippen LogP contribution in [0.15, 0.2) is 23.1 Å². The van der Waals surface area contributed by atoms with Gasteiger partial charge in [0.25, 0.3) is 9.05 Å². The molecule has 0 radical (unpaired) electrons. The summed E-state index contributed by atoms with van der Waals surface area (Å²) < 4.78 is 38.3. The van der Waals surface area contributed by atoms with Crippen molar-refractivity contribution in [1.82, 2.24) is 0 Å². The molecule has 0 N–H and O–H groups in total. The van der Waals surface area contributed by atoms with Gasteiger partial charge in [0.2, 0.25) is 0 Å². The standard InChI is InChI=1S/C14H17ClO6S/c1-19-14(16)12-8-11(22(15,17)18)2-3-13(12)21-9-10-4-6-20-7-5-10/h2-3,8,10H,4-7,9H2,1H3. The Bertz CT molecular complexity index is 637. The molecule has 1 heterocycles. The van der Waals surface area contributed by atoms with Crippen LogP contribution in [0.4, 0.5) is 0 Å². The molecule has 0 amide bonds. The Labute approximate surface area is 133 Å². The molecule has 1 fully saturated rings. The zero-order valence-corrected chi connectivity index (χ0v) is 13.7. The smallest absolute Gasteiger partial charge is 0.341 e. The van der Waals surface area contributed by atoms with Crippen LogP contribution in [0.5, 0.6) is 5.75 Å². The van der Waals surface area contributed by atoms with Gasteiger partial charge in [0.1, 0.15) is 11.3 Å². The van der Waals surface area contributed by atoms with Crippen LogP contribution in [-0.4, -0.2) is 41.3 Å². The van der Waals surface area contributed by atoms with Gasteiger partial charge in [0, 0.05) is 23.9 Å². The molecule has 2 rings (SSSR count). The number of halogens is 1. The average molecular weight is 349 g/mol. The number of methoxy groups -OCH3 is 1. The topological polar surface area (TPSA) is 78.9 Å². The maximum atomic E-state index is 11.8. The molecule has 6 nitrogen and oxygen atoms in total. The molecule has 0 aliphatic carbocycles. The third kappa shape index (κ3) is 4.34. The number of benzene rings is 1. The van der Waals surface area contributed by atoms with Crippen LogP contribution in [-0.2, 0) is 18.5 Å². The molecular formula is C14H17ClO6S. The van der Waals surface area contributed by atoms with Crippen LogP contribution in [0.3, 0.4) is 0 Å². The van der Waals surface area contributed by atoms with E-state index in [2.05, 4.69) is 4.74 Å². The number of hydrogen-bond donors (Lipinski definition) is 0. The van der Waals surface area contributed by atoms with E-state index in [4.69, 9.17) is 20.2 Å². The van der Waals surface area contributed by atoms with Gasteiger partial charge >= 0.3 is 5.97 Å². The third-order valence-corrected chi connectivity index (χ3v) is 4.80. The van der Waals surface area contributed by atoms with Crippen molar-refractivity contribution < 1.29 is 27.4 Å². The fourth-order valence-corrected chi connectivity index (χ4v) is 2.95. The summed E-state index contributed by atoms with van der Waals surface area (Å²) in [5.41, 5.74) is 0.0382. The predicted octanol–water partition coefficient (Wildman–Crippen LogP) is 2.21. The molecule has 0 aromatic heterocycles. The molecule has 0 bridgehead atoms. The van der Waals surface area contributed by atoms with Gasteiger partial charge < -0.3 is 14.2 Å². The number of ether oxygens (including phenoxy) is 3. The molecule has 0 unspecified atom stereocenters. The molecule has 1 aromatic carbocycles. The Morgan fingerprint density at radius 3 is 2.64 bits per heavy atom. The Kier molecular flexibility index (Phi) is 5.66. The average Bonchev–Trinajstić information content (AvgIpc) is 2.52. The van der Waals surface area contributed by atoms with E-state index >= 15 is 0 Å². The van der Waals surface area contributed by atoms with E-state index < -0.39 is 15.0 Å². The van der Waals surface area contributed by atoms with E-state index in [1.165, 1.54) is 19.2 Å². The minimum absolute atomic E-state index is 0.0382. The molecule has 1 aliphatic heterocycles. The van der Waals surface area contributed by atoms with Crippen molar-refractivity contribution in [1.29, 1.82) is 0 Å². The minimum Gasteiger partial charge on any atom is -0.492 e. The first-order valence-electron chi connectivity index (χ1n) is 6.79. The maximum absolute atomic E-state index is 11.8. The summed E-state index contributed by atoms with van der Waals surface area (Å²) in [4.78, 5) is 11.6. The largest absolute Gasteiger partial charge is 0.492 e. The summed E-state index contributed by atoms with van der Waals surface area (Å²) >= 11 is 0. The molecule has 0 atom stereocenters. The lowest BCUT2D eigenvalue weighted by atomic mass is 10.0. The molecular weight excluding hydrogens is 332 g/mol. The van der Waals surface area contributed by atoms with Crippen LogP contribution in [0.2, 0.25) is 0 Å². The minimum atomic E-state index is -3.93. The molecule has 1 aliphatic rings. The quantitative estimate of drug-likeness (QED) is 0.599. The van der Waals surface area contributed by atoms with Crippen molar-refractivity contribution in [2.24, 2.45) is 5.92 Å². The molecule has 22 heavy (non-hydrogen) atoms. The van der Waals surface area contributed by atoms with Crippen molar-refractivity contribution in [3.63, 3.8) is 0 Å². The van der Waals surface area contributed by atoms with Crippen LogP contribution in [0.1, 0.15) is 23.2 Å². The van der Waals surface area contributed by atoms with Gasteiger partial charge in [-0.15, -0.1) is 0 Å². The highest BCUT2D eigenvalue weighted by Crippen LogP contribution is 2.26. The first kappa shape index (κ1) is 17.1. The van der Waals surface area contributed by atoms with Crippen LogP contribution < -0.4 is 4.74 Å². The first-order chi connectivity index (χ1) is 10.4. The fraction of sp³-hybridized carbons (Fsp3) is 0.500. The lowest BCUT2D eigenvalue weighted by molar-refractivity contribution is 0.0483. The molecule has 1 aromatic rings. The normalized spacial score (nSPS) is 16.3. The number of carbonyl (C=O) groups is 1. The summed E-state index contributed by atoms with van der Waals surface area (Å²) in [7, 11) is 2.58. The summed E-state index contributed by atoms with van der Waals surface area (Å²) in [5, 5.41) is 0. The molecule has 122 valence electrons. The number of carbonyl (C=O) groups excluding carboxylic acids is 1. The monoisotopic (exact) mass is 348 g/mol. The third-order valence-electron chi connectivity index (χ3n) is 3.45. The highest BCUT2D eigenvalue weighted by atomic mass is 35.7. The van der Waals surface area contributed by atoms with E-state index in [0.29, 0.717) is 25.7 Å². The highest BCUT2D eigenvalue weighted by molar-refractivity contribution is 8.13. The fourth-order valence-electron chi connectivity index (χ4n) is 2.18. The van der Waals surface area contributed by atoms with Gasteiger partial charge in [0.05, 0.1) is 18.6 Å². The van der Waals surface area contributed by atoms with Gasteiger partial charge in [-0.3, -0.25) is 0 Å². The van der Waals surface area contributed by atoms with Crippen LogP contribution in [0, 0.1) is 5.92 Å². The van der Waals surface area contributed by atoms with Crippen molar-refractivity contribution in [3.8, 4) is 5.75 Å². The van der Waals surface area contributed by atoms with E-state index in [0.717, 1.165) is 18.9 Å². The van der Waals surface area contributed by atoms with Gasteiger partial charge in [-0.1, -0.05) is 0 Å². The Balaban J connectivity index is 2.20. The van der Waals surface area contributed by atoms with Crippen molar-refractivity contribution >= 4 is 25.7 Å². The van der Waals surface area contributed by atoms with Crippen LogP contribution in [0.25, 0.3) is 0 Å². The Hall–Kier alpha value is -1.31. The van der Waals surface area contributed by atoms with Crippen molar-refractivity contribution in [2.75, 3.05) is 26.9 Å². The Morgan fingerprint density at radius 1 is 1.36 bits per heavy atom. The van der Waals surface area contributed by atoms with E-state index in [-0.39, 0.29) is 16.2 Å². The number of hydrogen-bond acceptors (Lipinski definition) is 6. The molecule has 1 saturated heterocycles. The molecule has 0 saturated carbocycles. The summed E-state index contributed by atoms with van der Waals surface area (Å²) in [5.74, 6) is -0.0535. The lowest BCUT2D eigenvalue weighted by Crippen LogP contribution is -2.22. The SMILES string of the molecule is COC(=O)c1cc(S(=O)(=O)Cl)ccc1OCC1CCOCC1. The van der Waals surface area contributed by atoms with Crippen molar-refractivity contribution in [2.45, 2.75) is 17.7 Å². The van der Waals surface area contributed by atoms with Crippen LogP contribution >= 0.6 is 10.7 Å². The van der Waals surface area contributed by atoms with Gasteiger partial charge in [-0.2, -0.15) is 0 Å².